The smallest absolute Gasteiger partial charge is 0.322 e. The number of carbonyl (C=O) groups is 1. The molecule has 28 heavy (non-hydrogen) atoms. The minimum Gasteiger partial charge on any atom is -0.383 e. The van der Waals surface area contributed by atoms with Crippen LogP contribution in [0, 0.1) is 12.8 Å². The first-order valence-corrected chi connectivity index (χ1v) is 11.1. The van der Waals surface area contributed by atoms with Gasteiger partial charge in [0.15, 0.2) is 0 Å². The number of carbonyl (C=O) groups excluding carboxylic acids is 1. The molecule has 0 aliphatic carbocycles. The molecule has 0 aromatic heterocycles. The van der Waals surface area contributed by atoms with Crippen molar-refractivity contribution in [2.24, 2.45) is 5.92 Å². The Morgan fingerprint density at radius 3 is 2.32 bits per heavy atom. The van der Waals surface area contributed by atoms with E-state index < -0.39 is 10.1 Å². The van der Waals surface area contributed by atoms with Crippen LogP contribution in [0.2, 0.25) is 0 Å². The van der Waals surface area contributed by atoms with E-state index in [0.717, 1.165) is 29.5 Å². The number of hydrogen-bond acceptors (Lipinski definition) is 4. The summed E-state index contributed by atoms with van der Waals surface area (Å²) in [7, 11) is -3.56. The van der Waals surface area contributed by atoms with E-state index >= 15 is 0 Å². The molecule has 0 saturated heterocycles. The van der Waals surface area contributed by atoms with E-state index in [2.05, 4.69) is 19.2 Å². The second-order valence-electron chi connectivity index (χ2n) is 7.28. The van der Waals surface area contributed by atoms with Gasteiger partial charge < -0.3 is 14.4 Å². The summed E-state index contributed by atoms with van der Waals surface area (Å²) in [6.07, 6.45) is 1.89. The zero-order valence-electron chi connectivity index (χ0n) is 16.8. The number of rotatable bonds is 8. The third-order valence-corrected chi connectivity index (χ3v) is 4.69. The number of aryl methyl sites for hydroxylation is 1. The second-order valence-corrected chi connectivity index (χ2v) is 8.86. The van der Waals surface area contributed by atoms with E-state index in [1.54, 1.807) is 29.2 Å². The highest BCUT2D eigenvalue weighted by Gasteiger charge is 2.16. The van der Waals surface area contributed by atoms with Gasteiger partial charge in [-0.1, -0.05) is 44.2 Å². The summed E-state index contributed by atoms with van der Waals surface area (Å²) in [5, 5.41) is 2.98. The van der Waals surface area contributed by atoms with Gasteiger partial charge in [0.25, 0.3) is 0 Å². The summed E-state index contributed by atoms with van der Waals surface area (Å²) in [6.45, 7) is 7.23. The molecule has 7 heteroatoms. The molecular weight excluding hydrogens is 376 g/mol. The first kappa shape index (κ1) is 21.8. The molecule has 2 aromatic rings. The fourth-order valence-electron chi connectivity index (χ4n) is 2.62. The summed E-state index contributed by atoms with van der Waals surface area (Å²) in [6, 6.07) is 14.2. The highest BCUT2D eigenvalue weighted by atomic mass is 32.2. The van der Waals surface area contributed by atoms with Crippen molar-refractivity contribution in [3.8, 4) is 5.75 Å². The fraction of sp³-hybridized carbons (Fsp3) is 0.381. The first-order valence-electron chi connectivity index (χ1n) is 9.24. The lowest BCUT2D eigenvalue weighted by atomic mass is 10.1. The Morgan fingerprint density at radius 2 is 1.75 bits per heavy atom. The molecule has 6 nitrogen and oxygen atoms in total. The van der Waals surface area contributed by atoms with Crippen molar-refractivity contribution in [3.63, 3.8) is 0 Å². The molecule has 0 heterocycles. The van der Waals surface area contributed by atoms with Gasteiger partial charge in [-0.25, -0.2) is 4.79 Å². The quantitative estimate of drug-likeness (QED) is 0.661. The molecule has 0 bridgehead atoms. The molecule has 2 amide bonds. The third-order valence-electron chi connectivity index (χ3n) is 4.19. The summed E-state index contributed by atoms with van der Waals surface area (Å²) in [4.78, 5) is 14.6. The van der Waals surface area contributed by atoms with Crippen molar-refractivity contribution in [1.29, 1.82) is 0 Å². The molecule has 0 unspecified atom stereocenters. The molecule has 2 aromatic carbocycles. The van der Waals surface area contributed by atoms with Crippen LogP contribution in [-0.4, -0.2) is 32.1 Å². The van der Waals surface area contributed by atoms with Crippen LogP contribution in [0.5, 0.6) is 5.75 Å². The molecule has 0 atom stereocenters. The van der Waals surface area contributed by atoms with Crippen LogP contribution < -0.4 is 9.50 Å². The average molecular weight is 405 g/mol. The number of benzene rings is 2. The minimum absolute atomic E-state index is 0.161. The number of amides is 2. The lowest BCUT2D eigenvalue weighted by Gasteiger charge is -2.24. The average Bonchev–Trinajstić information content (AvgIpc) is 2.60. The van der Waals surface area contributed by atoms with E-state index in [-0.39, 0.29) is 11.8 Å². The molecule has 0 aliphatic rings. The van der Waals surface area contributed by atoms with Crippen molar-refractivity contribution >= 4 is 21.8 Å². The molecule has 0 fully saturated rings. The van der Waals surface area contributed by atoms with Crippen LogP contribution in [0.4, 0.5) is 10.5 Å². The van der Waals surface area contributed by atoms with Crippen molar-refractivity contribution in [1.82, 2.24) is 4.90 Å². The summed E-state index contributed by atoms with van der Waals surface area (Å²) < 4.78 is 27.3. The van der Waals surface area contributed by atoms with Crippen LogP contribution in [0.25, 0.3) is 0 Å². The van der Waals surface area contributed by atoms with Gasteiger partial charge >= 0.3 is 16.1 Å². The number of hydrogen-bond donors (Lipinski definition) is 1. The van der Waals surface area contributed by atoms with Crippen molar-refractivity contribution in [2.75, 3.05) is 18.1 Å². The highest BCUT2D eigenvalue weighted by molar-refractivity contribution is 7.86. The fourth-order valence-corrected chi connectivity index (χ4v) is 3.08. The maximum absolute atomic E-state index is 12.8. The number of para-hydroxylation sites is 1. The van der Waals surface area contributed by atoms with Crippen LogP contribution in [0.3, 0.4) is 0 Å². The van der Waals surface area contributed by atoms with Gasteiger partial charge in [0.1, 0.15) is 5.75 Å². The number of nitrogens with one attached hydrogen (secondary N) is 1. The van der Waals surface area contributed by atoms with Gasteiger partial charge in [0.05, 0.1) is 6.26 Å². The van der Waals surface area contributed by atoms with Gasteiger partial charge in [0.2, 0.25) is 0 Å². The topological polar surface area (TPSA) is 75.7 Å². The zero-order chi connectivity index (χ0) is 20.7. The van der Waals surface area contributed by atoms with Crippen molar-refractivity contribution < 1.29 is 17.4 Å². The van der Waals surface area contributed by atoms with E-state index in [1.807, 2.05) is 31.2 Å². The van der Waals surface area contributed by atoms with Gasteiger partial charge in [-0.15, -0.1) is 0 Å². The van der Waals surface area contributed by atoms with Crippen LogP contribution in [0.1, 0.15) is 31.4 Å². The summed E-state index contributed by atoms with van der Waals surface area (Å²) >= 11 is 0. The number of anilines is 1. The Kier molecular flexibility index (Phi) is 7.45. The number of urea groups is 1. The van der Waals surface area contributed by atoms with Crippen LogP contribution in [0.15, 0.2) is 48.5 Å². The first-order chi connectivity index (χ1) is 13.1. The molecular formula is C21H28N2O4S. The monoisotopic (exact) mass is 404 g/mol. The van der Waals surface area contributed by atoms with Crippen LogP contribution in [-0.2, 0) is 16.7 Å². The Labute approximate surface area is 167 Å². The molecule has 1 N–H and O–H groups in total. The Balaban J connectivity index is 2.11. The van der Waals surface area contributed by atoms with Crippen LogP contribution >= 0.6 is 0 Å². The second kappa shape index (κ2) is 9.59. The SMILES string of the molecule is Cc1ccccc1NC(=O)N(CCC(C)C)Cc1ccc(OS(C)(=O)=O)cc1. The third kappa shape index (κ3) is 7.23. The van der Waals surface area contributed by atoms with Crippen molar-refractivity contribution in [3.05, 3.63) is 59.7 Å². The molecule has 152 valence electrons. The maximum atomic E-state index is 12.8. The number of nitrogens with zero attached hydrogens (tertiary/aromatic N) is 1. The highest BCUT2D eigenvalue weighted by Crippen LogP contribution is 2.18. The van der Waals surface area contributed by atoms with Gasteiger partial charge in [0, 0.05) is 18.8 Å². The Bertz CT molecular complexity index is 893. The molecule has 0 spiro atoms. The summed E-state index contributed by atoms with van der Waals surface area (Å²) in [5.74, 6) is 0.726. The van der Waals surface area contributed by atoms with E-state index in [0.29, 0.717) is 19.0 Å². The summed E-state index contributed by atoms with van der Waals surface area (Å²) in [5.41, 5.74) is 2.69. The molecule has 0 radical (unpaired) electrons. The largest absolute Gasteiger partial charge is 0.383 e. The van der Waals surface area contributed by atoms with E-state index in [9.17, 15) is 13.2 Å². The van der Waals surface area contributed by atoms with Gasteiger partial charge in [-0.2, -0.15) is 8.42 Å². The normalized spacial score (nSPS) is 11.3. The van der Waals surface area contributed by atoms with E-state index in [4.69, 9.17) is 4.18 Å². The maximum Gasteiger partial charge on any atom is 0.322 e. The molecule has 0 aliphatic heterocycles. The lowest BCUT2D eigenvalue weighted by Crippen LogP contribution is -2.36. The molecule has 2 rings (SSSR count). The lowest BCUT2D eigenvalue weighted by molar-refractivity contribution is 0.205. The predicted molar refractivity (Wildman–Crippen MR) is 112 cm³/mol. The zero-order valence-corrected chi connectivity index (χ0v) is 17.6. The van der Waals surface area contributed by atoms with Gasteiger partial charge in [-0.05, 0) is 48.6 Å². The van der Waals surface area contributed by atoms with Gasteiger partial charge in [-0.3, -0.25) is 0 Å². The van der Waals surface area contributed by atoms with Crippen molar-refractivity contribution in [2.45, 2.75) is 33.7 Å². The molecule has 0 saturated carbocycles. The Hall–Kier alpha value is -2.54. The standard InChI is InChI=1S/C21H28N2O4S/c1-16(2)13-14-23(21(24)22-20-8-6-5-7-17(20)3)15-18-9-11-19(12-10-18)27-28(4,25)26/h5-12,16H,13-15H2,1-4H3,(H,22,24). The Morgan fingerprint density at radius 1 is 1.11 bits per heavy atom. The predicted octanol–water partition coefficient (Wildman–Crippen LogP) is 4.41. The van der Waals surface area contributed by atoms with E-state index in [1.165, 1.54) is 0 Å². The minimum atomic E-state index is -3.56.